The van der Waals surface area contributed by atoms with Crippen molar-refractivity contribution in [3.05, 3.63) is 131 Å². The average Bonchev–Trinajstić information content (AvgIpc) is 1.62. The third-order valence-electron chi connectivity index (χ3n) is 14.9. The van der Waals surface area contributed by atoms with E-state index in [1.807, 2.05) is 37.2 Å². The molecule has 0 unspecified atom stereocenters. The Balaban J connectivity index is 1.09. The number of nitrogens with zero attached hydrogens (tertiary/aromatic N) is 5. The number of primary sulfonamides is 1. The monoisotopic (exact) mass is 1330 g/mol. The maximum Gasteiger partial charge on any atom is 0.295 e. The van der Waals surface area contributed by atoms with Gasteiger partial charge in [0, 0.05) is 102 Å². The third-order valence-corrected chi connectivity index (χ3v) is 20.5. The van der Waals surface area contributed by atoms with Crippen LogP contribution in [0.15, 0.2) is 123 Å². The maximum absolute atomic E-state index is 13.5. The fourth-order valence-electron chi connectivity index (χ4n) is 11.0. The Morgan fingerprint density at radius 3 is 1.97 bits per heavy atom. The summed E-state index contributed by atoms with van der Waals surface area (Å²) in [6, 6.07) is 18.5. The van der Waals surface area contributed by atoms with Crippen molar-refractivity contribution in [1.82, 2.24) is 25.8 Å². The minimum absolute atomic E-state index is 0.00312. The number of fused-ring (bicyclic) bond motifs is 6. The Bertz CT molecular complexity index is 4510. The van der Waals surface area contributed by atoms with Gasteiger partial charge in [-0.05, 0) is 98.0 Å². The number of amides is 3. The van der Waals surface area contributed by atoms with Gasteiger partial charge < -0.3 is 25.4 Å². The number of carbonyl (C=O) groups is 3. The van der Waals surface area contributed by atoms with Crippen LogP contribution in [0.3, 0.4) is 0 Å². The van der Waals surface area contributed by atoms with Crippen LogP contribution in [0.4, 0.5) is 16.5 Å². The first kappa shape index (κ1) is 66.7. The lowest BCUT2D eigenvalue weighted by Gasteiger charge is -2.27. The zero-order chi connectivity index (χ0) is 64.4. The first-order chi connectivity index (χ1) is 41.1. The Morgan fingerprint density at radius 1 is 0.705 bits per heavy atom. The molecule has 32 heteroatoms. The fourth-order valence-corrected chi connectivity index (χ4v) is 14.8. The first-order valence-corrected chi connectivity index (χ1v) is 35.7. The molecule has 470 valence electrons. The van der Waals surface area contributed by atoms with E-state index in [9.17, 15) is 74.7 Å². The summed E-state index contributed by atoms with van der Waals surface area (Å²) in [5.41, 5.74) is 2.58. The molecule has 3 amide bonds. The van der Waals surface area contributed by atoms with E-state index in [0.29, 0.717) is 86.5 Å². The second-order valence-corrected chi connectivity index (χ2v) is 30.4. The van der Waals surface area contributed by atoms with E-state index in [1.54, 1.807) is 66.8 Å². The molecule has 0 fully saturated rings. The molecule has 26 nitrogen and oxygen atoms in total. The number of rotatable bonds is 26. The van der Waals surface area contributed by atoms with E-state index in [-0.39, 0.29) is 89.0 Å². The fraction of sp³-hybridized carbons (Fsp3) is 0.339. The summed E-state index contributed by atoms with van der Waals surface area (Å²) >= 11 is 0.583. The number of pyridine rings is 1. The molecule has 0 aliphatic carbocycles. The van der Waals surface area contributed by atoms with Gasteiger partial charge >= 0.3 is 0 Å². The number of benzene rings is 4. The molecular formula is C56H63N9O17S6. The van der Waals surface area contributed by atoms with Crippen molar-refractivity contribution in [2.45, 2.75) is 97.6 Å². The zero-order valence-corrected chi connectivity index (χ0v) is 52.7. The van der Waals surface area contributed by atoms with E-state index in [1.165, 1.54) is 36.5 Å². The molecule has 0 saturated heterocycles. The predicted octanol–water partition coefficient (Wildman–Crippen LogP) is 5.73. The van der Waals surface area contributed by atoms with Crippen molar-refractivity contribution in [3.63, 3.8) is 0 Å². The molecule has 8 N–H and O–H groups in total. The van der Waals surface area contributed by atoms with Crippen molar-refractivity contribution in [3.8, 4) is 0 Å². The van der Waals surface area contributed by atoms with Crippen LogP contribution in [0, 0.1) is 0 Å². The van der Waals surface area contributed by atoms with Gasteiger partial charge in [-0.3, -0.25) is 33.0 Å². The molecule has 0 saturated carbocycles. The minimum atomic E-state index is -4.69. The summed E-state index contributed by atoms with van der Waals surface area (Å²) in [5, 5.41) is 21.2. The van der Waals surface area contributed by atoms with Crippen LogP contribution >= 0.6 is 11.3 Å². The van der Waals surface area contributed by atoms with Crippen molar-refractivity contribution in [2.75, 3.05) is 47.9 Å². The highest BCUT2D eigenvalue weighted by Crippen LogP contribution is 2.52. The lowest BCUT2D eigenvalue weighted by molar-refractivity contribution is -0.437. The maximum atomic E-state index is 13.5. The summed E-state index contributed by atoms with van der Waals surface area (Å²) in [6.07, 6.45) is 9.78. The summed E-state index contributed by atoms with van der Waals surface area (Å²) in [7, 11) is -22.5. The van der Waals surface area contributed by atoms with Crippen LogP contribution in [0.5, 0.6) is 0 Å². The van der Waals surface area contributed by atoms with E-state index in [4.69, 9.17) is 10.1 Å². The standard InChI is InChI=1S/C56H63N9O17S6/c1-55(2)46(64(30-10-32-84(69,70)71)42-23-20-37-39(50(42)55)12-8-14-44(37)87(77,78)79)25-18-35(19-26-47-56(3,4)51-40-13-9-15-45(88(80,81)82)38(40)21-24-43(51)65(47)31-11-33-85(72,73)74)41-22-17-36(34-60-41)52(68)59-28-7-5-6-16-48(66)58-29-27-49(67)61-53-62-63-54(83-53)86(57,75)76/h8-9,12-15,17-26,34H,5-7,10-11,16,27-33H2,1-4H3,(H8-,57,58,59,61,62,66,67,68,69,70,71,72,73,74,75,76,77,78,79,80,81,82). The minimum Gasteiger partial charge on any atom is -0.748 e. The van der Waals surface area contributed by atoms with E-state index in [0.717, 1.165) is 0 Å². The number of anilines is 2. The topological polar surface area (TPSA) is 413 Å². The Morgan fingerprint density at radius 2 is 1.36 bits per heavy atom. The zero-order valence-electron chi connectivity index (χ0n) is 47.8. The van der Waals surface area contributed by atoms with Crippen LogP contribution in [-0.2, 0) is 70.9 Å². The highest BCUT2D eigenvalue weighted by atomic mass is 32.3. The highest BCUT2D eigenvalue weighted by molar-refractivity contribution is 7.91. The summed E-state index contributed by atoms with van der Waals surface area (Å²) in [4.78, 5) is 44.1. The summed E-state index contributed by atoms with van der Waals surface area (Å²) < 4.78 is 165. The molecule has 2 aliphatic heterocycles. The van der Waals surface area contributed by atoms with Crippen molar-refractivity contribution in [2.24, 2.45) is 5.14 Å². The van der Waals surface area contributed by atoms with Gasteiger partial charge in [0.15, 0.2) is 5.71 Å². The van der Waals surface area contributed by atoms with Gasteiger partial charge in [0.25, 0.3) is 46.3 Å². The number of hydrogen-bond acceptors (Lipinski definition) is 19. The molecule has 0 bridgehead atoms. The second kappa shape index (κ2) is 26.1. The van der Waals surface area contributed by atoms with Crippen molar-refractivity contribution < 1.29 is 79.3 Å². The molecule has 6 aromatic rings. The van der Waals surface area contributed by atoms with Crippen LogP contribution in [0.1, 0.15) is 99.8 Å². The summed E-state index contributed by atoms with van der Waals surface area (Å²) in [6.45, 7) is 7.84. The smallest absolute Gasteiger partial charge is 0.295 e. The van der Waals surface area contributed by atoms with Crippen LogP contribution in [0.2, 0.25) is 0 Å². The van der Waals surface area contributed by atoms with E-state index >= 15 is 0 Å². The molecule has 8 rings (SSSR count). The van der Waals surface area contributed by atoms with E-state index in [2.05, 4.69) is 26.1 Å². The van der Waals surface area contributed by atoms with E-state index < -0.39 is 89.0 Å². The number of sulfonamides is 1. The average molecular weight is 1330 g/mol. The van der Waals surface area contributed by atoms with Crippen molar-refractivity contribution in [1.29, 1.82) is 0 Å². The molecule has 4 aromatic carbocycles. The number of carbonyl (C=O) groups excluding carboxylic acids is 3. The normalized spacial score (nSPS) is 15.8. The van der Waals surface area contributed by atoms with Gasteiger partial charge in [-0.1, -0.05) is 68.0 Å². The van der Waals surface area contributed by atoms with Gasteiger partial charge in [0.05, 0.1) is 32.5 Å². The SMILES string of the molecule is CC1(C)C(/C=C/C(=C/C=C2/N(CCCS(=O)(=O)O)c3ccc4c(S(=O)(=O)O)cccc4c3C2(C)C)c2ccc(C(=O)NCCCCCC(=O)NCCC(=O)Nc3nnc(S(N)(=O)=O)s3)cn2)=[N+](CCCS(=O)(=O)[O-])c2ccc3c(S(=O)(=O)O)cccc3c21. The van der Waals surface area contributed by atoms with Crippen LogP contribution in [-0.4, -0.2) is 141 Å². The highest BCUT2D eigenvalue weighted by Gasteiger charge is 2.46. The summed E-state index contributed by atoms with van der Waals surface area (Å²) in [5.74, 6) is -2.58. The van der Waals surface area contributed by atoms with Gasteiger partial charge in [0.2, 0.25) is 27.0 Å². The van der Waals surface area contributed by atoms with Crippen LogP contribution < -0.4 is 26.0 Å². The molecule has 0 spiro atoms. The second-order valence-electron chi connectivity index (χ2n) is 21.8. The number of aromatic nitrogens is 3. The molecule has 2 aliphatic rings. The Hall–Kier alpha value is -7.24. The van der Waals surface area contributed by atoms with Crippen LogP contribution in [0.25, 0.3) is 27.1 Å². The van der Waals surface area contributed by atoms with Gasteiger partial charge in [0.1, 0.15) is 16.3 Å². The first-order valence-electron chi connectivity index (χ1n) is 27.2. The number of hydrogen-bond donors (Lipinski definition) is 7. The number of allylic oxidation sites excluding steroid dienone is 6. The molecule has 88 heavy (non-hydrogen) atoms. The number of unbranched alkanes of at least 4 members (excludes halogenated alkanes) is 2. The molecule has 0 atom stereocenters. The lowest BCUT2D eigenvalue weighted by Crippen LogP contribution is -2.28. The molecule has 0 radical (unpaired) electrons. The number of nitrogens with one attached hydrogen (secondary N) is 3. The number of nitrogens with two attached hydrogens (primary N) is 1. The van der Waals surface area contributed by atoms with Gasteiger partial charge in [-0.15, -0.1) is 10.2 Å². The largest absolute Gasteiger partial charge is 0.748 e. The predicted molar refractivity (Wildman–Crippen MR) is 329 cm³/mol. The third kappa shape index (κ3) is 15.6. The Labute approximate surface area is 512 Å². The molecular weight excluding hydrogens is 1260 g/mol. The Kier molecular flexibility index (Phi) is 19.8. The van der Waals surface area contributed by atoms with Gasteiger partial charge in [-0.25, -0.2) is 22.0 Å². The van der Waals surface area contributed by atoms with Gasteiger partial charge in [-0.2, -0.15) is 29.8 Å². The molecule has 2 aromatic heterocycles. The lowest BCUT2D eigenvalue weighted by atomic mass is 9.79. The quantitative estimate of drug-likeness (QED) is 0.0112. The van der Waals surface area contributed by atoms with Crippen molar-refractivity contribution >= 4 is 129 Å². The molecule has 4 heterocycles.